The standard InChI is InChI=1S/C24H26N2O5/c1-30-22(27)10-9-17-5-4-7-18(15-17)23(28)25-13-11-20(12-14-25)26-21-8-3-2-6-19(21)16-31-24(26)29/h2-8,15,20H,9-14,16H2,1H3. The minimum absolute atomic E-state index is 0.00407. The molecule has 0 spiro atoms. The number of rotatable bonds is 5. The minimum Gasteiger partial charge on any atom is -0.469 e. The summed E-state index contributed by atoms with van der Waals surface area (Å²) in [5.41, 5.74) is 3.45. The van der Waals surface area contributed by atoms with Crippen LogP contribution in [0.4, 0.5) is 10.5 Å². The Labute approximate surface area is 181 Å². The normalized spacial score (nSPS) is 16.5. The maximum atomic E-state index is 13.0. The van der Waals surface area contributed by atoms with Crippen molar-refractivity contribution in [3.63, 3.8) is 0 Å². The van der Waals surface area contributed by atoms with Gasteiger partial charge < -0.3 is 14.4 Å². The van der Waals surface area contributed by atoms with Crippen molar-refractivity contribution in [3.8, 4) is 0 Å². The molecule has 2 aromatic rings. The molecule has 7 heteroatoms. The quantitative estimate of drug-likeness (QED) is 0.689. The number of anilines is 1. The Morgan fingerprint density at radius 2 is 1.87 bits per heavy atom. The summed E-state index contributed by atoms with van der Waals surface area (Å²) in [4.78, 5) is 40.4. The molecule has 0 atom stereocenters. The van der Waals surface area contributed by atoms with E-state index in [1.54, 1.807) is 11.0 Å². The lowest BCUT2D eigenvalue weighted by Gasteiger charge is -2.40. The number of esters is 1. The molecule has 2 aliphatic rings. The van der Waals surface area contributed by atoms with Gasteiger partial charge in [-0.2, -0.15) is 0 Å². The Balaban J connectivity index is 1.40. The smallest absolute Gasteiger partial charge is 0.414 e. The van der Waals surface area contributed by atoms with Gasteiger partial charge in [-0.3, -0.25) is 14.5 Å². The molecular formula is C24H26N2O5. The van der Waals surface area contributed by atoms with Crippen molar-refractivity contribution in [2.75, 3.05) is 25.1 Å². The van der Waals surface area contributed by atoms with Crippen LogP contribution >= 0.6 is 0 Å². The van der Waals surface area contributed by atoms with Crippen LogP contribution in [0.3, 0.4) is 0 Å². The molecule has 0 N–H and O–H groups in total. The highest BCUT2D eigenvalue weighted by atomic mass is 16.6. The lowest BCUT2D eigenvalue weighted by molar-refractivity contribution is -0.140. The average Bonchev–Trinajstić information content (AvgIpc) is 2.82. The fourth-order valence-corrected chi connectivity index (χ4v) is 4.24. The highest BCUT2D eigenvalue weighted by molar-refractivity contribution is 5.95. The molecule has 0 bridgehead atoms. The van der Waals surface area contributed by atoms with E-state index in [4.69, 9.17) is 4.74 Å². The van der Waals surface area contributed by atoms with E-state index in [9.17, 15) is 14.4 Å². The maximum Gasteiger partial charge on any atom is 0.414 e. The lowest BCUT2D eigenvalue weighted by atomic mass is 9.99. The van der Waals surface area contributed by atoms with Gasteiger partial charge in [-0.1, -0.05) is 30.3 Å². The van der Waals surface area contributed by atoms with E-state index in [2.05, 4.69) is 4.74 Å². The fraction of sp³-hybridized carbons (Fsp3) is 0.375. The van der Waals surface area contributed by atoms with Crippen molar-refractivity contribution in [2.24, 2.45) is 0 Å². The molecule has 2 aromatic carbocycles. The number of carbonyl (C=O) groups is 3. The molecule has 2 aliphatic heterocycles. The highest BCUT2D eigenvalue weighted by Crippen LogP contribution is 2.32. The molecule has 31 heavy (non-hydrogen) atoms. The first kappa shape index (κ1) is 20.9. The number of methoxy groups -OCH3 is 1. The monoisotopic (exact) mass is 422 g/mol. The van der Waals surface area contributed by atoms with Crippen LogP contribution < -0.4 is 4.90 Å². The second kappa shape index (κ2) is 9.20. The van der Waals surface area contributed by atoms with Crippen LogP contribution in [0.25, 0.3) is 0 Å². The first-order valence-electron chi connectivity index (χ1n) is 10.6. The predicted molar refractivity (Wildman–Crippen MR) is 115 cm³/mol. The molecule has 2 heterocycles. The van der Waals surface area contributed by atoms with Gasteiger partial charge in [0.15, 0.2) is 0 Å². The molecule has 0 unspecified atom stereocenters. The van der Waals surface area contributed by atoms with Crippen molar-refractivity contribution >= 4 is 23.7 Å². The van der Waals surface area contributed by atoms with Crippen LogP contribution in [0.15, 0.2) is 48.5 Å². The lowest BCUT2D eigenvalue weighted by Crippen LogP contribution is -2.50. The number of benzene rings is 2. The first-order valence-corrected chi connectivity index (χ1v) is 10.6. The Hall–Kier alpha value is -3.35. The Morgan fingerprint density at radius 3 is 2.65 bits per heavy atom. The van der Waals surface area contributed by atoms with Gasteiger partial charge in [0.05, 0.1) is 12.8 Å². The van der Waals surface area contributed by atoms with Gasteiger partial charge in [-0.15, -0.1) is 0 Å². The van der Waals surface area contributed by atoms with Crippen LogP contribution in [-0.4, -0.2) is 49.1 Å². The zero-order valence-corrected chi connectivity index (χ0v) is 17.6. The van der Waals surface area contributed by atoms with Gasteiger partial charge in [-0.25, -0.2) is 4.79 Å². The second-order valence-corrected chi connectivity index (χ2v) is 7.85. The average molecular weight is 422 g/mol. The van der Waals surface area contributed by atoms with Crippen molar-refractivity contribution in [2.45, 2.75) is 38.3 Å². The molecule has 1 fully saturated rings. The number of hydrogen-bond acceptors (Lipinski definition) is 5. The number of amides is 2. The van der Waals surface area contributed by atoms with E-state index in [1.165, 1.54) is 7.11 Å². The number of para-hydroxylation sites is 1. The third kappa shape index (κ3) is 4.55. The van der Waals surface area contributed by atoms with Crippen LogP contribution in [0.2, 0.25) is 0 Å². The summed E-state index contributed by atoms with van der Waals surface area (Å²) >= 11 is 0. The van der Waals surface area contributed by atoms with Crippen molar-refractivity contribution in [1.82, 2.24) is 4.90 Å². The minimum atomic E-state index is -0.318. The summed E-state index contributed by atoms with van der Waals surface area (Å²) in [6.07, 6.45) is 1.88. The zero-order valence-electron chi connectivity index (χ0n) is 17.6. The van der Waals surface area contributed by atoms with Crippen LogP contribution in [0.1, 0.15) is 40.7 Å². The highest BCUT2D eigenvalue weighted by Gasteiger charge is 2.35. The SMILES string of the molecule is COC(=O)CCc1cccc(C(=O)N2CCC(N3C(=O)OCc4ccccc43)CC2)c1. The van der Waals surface area contributed by atoms with Crippen LogP contribution in [0.5, 0.6) is 0 Å². The number of piperidine rings is 1. The molecule has 162 valence electrons. The summed E-state index contributed by atoms with van der Waals surface area (Å²) < 4.78 is 10.0. The number of aryl methyl sites for hydroxylation is 1. The number of likely N-dealkylation sites (tertiary alicyclic amines) is 1. The third-order valence-electron chi connectivity index (χ3n) is 5.94. The van der Waals surface area contributed by atoms with Gasteiger partial charge >= 0.3 is 12.1 Å². The van der Waals surface area contributed by atoms with E-state index in [0.29, 0.717) is 44.5 Å². The Bertz CT molecular complexity index is 981. The molecule has 2 amide bonds. The predicted octanol–water partition coefficient (Wildman–Crippen LogP) is 3.55. The summed E-state index contributed by atoms with van der Waals surface area (Å²) in [6.45, 7) is 1.44. The number of cyclic esters (lactones) is 1. The fourth-order valence-electron chi connectivity index (χ4n) is 4.24. The van der Waals surface area contributed by atoms with Crippen molar-refractivity contribution < 1.29 is 23.9 Å². The Morgan fingerprint density at radius 1 is 1.10 bits per heavy atom. The second-order valence-electron chi connectivity index (χ2n) is 7.85. The molecular weight excluding hydrogens is 396 g/mol. The number of hydrogen-bond donors (Lipinski definition) is 0. The number of carbonyl (C=O) groups excluding carboxylic acids is 3. The van der Waals surface area contributed by atoms with Gasteiger partial charge in [-0.05, 0) is 43.0 Å². The van der Waals surface area contributed by atoms with Crippen molar-refractivity contribution in [1.29, 1.82) is 0 Å². The van der Waals surface area contributed by atoms with Gasteiger partial charge in [0.2, 0.25) is 0 Å². The van der Waals surface area contributed by atoms with Gasteiger partial charge in [0.1, 0.15) is 6.61 Å². The third-order valence-corrected chi connectivity index (χ3v) is 5.94. The van der Waals surface area contributed by atoms with E-state index in [0.717, 1.165) is 16.8 Å². The molecule has 0 radical (unpaired) electrons. The molecule has 1 saturated heterocycles. The molecule has 0 saturated carbocycles. The molecule has 0 aromatic heterocycles. The van der Waals surface area contributed by atoms with Crippen LogP contribution in [-0.2, 0) is 27.3 Å². The number of nitrogens with zero attached hydrogens (tertiary/aromatic N) is 2. The van der Waals surface area contributed by atoms with Crippen molar-refractivity contribution in [3.05, 3.63) is 65.2 Å². The summed E-state index contributed by atoms with van der Waals surface area (Å²) in [6, 6.07) is 15.2. The number of ether oxygens (including phenoxy) is 2. The van der Waals surface area contributed by atoms with Crippen LogP contribution in [0, 0.1) is 0 Å². The summed E-state index contributed by atoms with van der Waals surface area (Å²) in [5, 5.41) is 0. The molecule has 0 aliphatic carbocycles. The van der Waals surface area contributed by atoms with E-state index < -0.39 is 0 Å². The zero-order chi connectivity index (χ0) is 21.8. The van der Waals surface area contributed by atoms with Gasteiger partial charge in [0, 0.05) is 36.7 Å². The molecule has 7 nitrogen and oxygen atoms in total. The van der Waals surface area contributed by atoms with E-state index in [-0.39, 0.29) is 30.4 Å². The van der Waals surface area contributed by atoms with Gasteiger partial charge in [0.25, 0.3) is 5.91 Å². The largest absolute Gasteiger partial charge is 0.469 e. The summed E-state index contributed by atoms with van der Waals surface area (Å²) in [7, 11) is 1.37. The Kier molecular flexibility index (Phi) is 6.21. The maximum absolute atomic E-state index is 13.0. The first-order chi connectivity index (χ1) is 15.1. The summed E-state index contributed by atoms with van der Waals surface area (Å²) in [5.74, 6) is -0.295. The topological polar surface area (TPSA) is 76.2 Å². The van der Waals surface area contributed by atoms with E-state index in [1.807, 2.05) is 47.4 Å². The number of fused-ring (bicyclic) bond motifs is 1. The van der Waals surface area contributed by atoms with E-state index >= 15 is 0 Å². The molecule has 4 rings (SSSR count).